The van der Waals surface area contributed by atoms with Crippen molar-refractivity contribution in [3.8, 4) is 17.2 Å². The predicted octanol–water partition coefficient (Wildman–Crippen LogP) is 1.95. The van der Waals surface area contributed by atoms with Crippen LogP contribution in [0.25, 0.3) is 0 Å². The first-order chi connectivity index (χ1) is 12.1. The first kappa shape index (κ1) is 18.3. The summed E-state index contributed by atoms with van der Waals surface area (Å²) in [5.41, 5.74) is 1.17. The number of hydrogen-bond acceptors (Lipinski definition) is 6. The van der Waals surface area contributed by atoms with Crippen molar-refractivity contribution in [1.29, 1.82) is 0 Å². The number of fused-ring (bicyclic) bond motifs is 1. The fraction of sp³-hybridized carbons (Fsp3) is 0.684. The van der Waals surface area contributed by atoms with E-state index in [1.807, 2.05) is 12.1 Å². The van der Waals surface area contributed by atoms with Crippen LogP contribution in [0.15, 0.2) is 12.1 Å². The molecule has 2 aliphatic rings. The van der Waals surface area contributed by atoms with Crippen molar-refractivity contribution < 1.29 is 19.3 Å². The Morgan fingerprint density at radius 1 is 1.28 bits per heavy atom. The predicted molar refractivity (Wildman–Crippen MR) is 96.3 cm³/mol. The first-order valence-electron chi connectivity index (χ1n) is 9.14. The molecule has 6 heteroatoms. The minimum atomic E-state index is 0.241. The van der Waals surface area contributed by atoms with Gasteiger partial charge in [-0.15, -0.1) is 0 Å². The molecule has 2 aliphatic heterocycles. The molecule has 1 aromatic rings. The third-order valence-corrected chi connectivity index (χ3v) is 4.88. The smallest absolute Gasteiger partial charge is 0.231 e. The molecule has 0 spiro atoms. The van der Waals surface area contributed by atoms with Crippen molar-refractivity contribution in [3.05, 3.63) is 17.7 Å². The minimum Gasteiger partial charge on any atom is -0.493 e. The molecule has 1 N–H and O–H groups in total. The molecule has 0 amide bonds. The monoisotopic (exact) mass is 350 g/mol. The summed E-state index contributed by atoms with van der Waals surface area (Å²) in [5, 5.41) is 9.43. The van der Waals surface area contributed by atoms with Gasteiger partial charge in [0.15, 0.2) is 11.5 Å². The summed E-state index contributed by atoms with van der Waals surface area (Å²) in [4.78, 5) is 4.98. The highest BCUT2D eigenvalue weighted by molar-refractivity contribution is 5.55. The van der Waals surface area contributed by atoms with Crippen LogP contribution in [0.4, 0.5) is 0 Å². The Kier molecular flexibility index (Phi) is 6.04. The summed E-state index contributed by atoms with van der Waals surface area (Å²) in [6, 6.07) is 4.50. The van der Waals surface area contributed by atoms with Crippen LogP contribution < -0.4 is 14.2 Å². The van der Waals surface area contributed by atoms with Crippen LogP contribution in [0, 0.1) is 5.92 Å². The van der Waals surface area contributed by atoms with Crippen LogP contribution in [0.5, 0.6) is 17.2 Å². The van der Waals surface area contributed by atoms with Crippen LogP contribution in [0.1, 0.15) is 25.8 Å². The molecule has 140 valence electrons. The highest BCUT2D eigenvalue weighted by Crippen LogP contribution is 2.42. The zero-order valence-electron chi connectivity index (χ0n) is 15.5. The third-order valence-electron chi connectivity index (χ3n) is 4.88. The Bertz CT molecular complexity index is 579. The zero-order chi connectivity index (χ0) is 17.8. The minimum absolute atomic E-state index is 0.241. The Morgan fingerprint density at radius 3 is 2.84 bits per heavy atom. The van der Waals surface area contributed by atoms with Gasteiger partial charge in [0.25, 0.3) is 0 Å². The lowest BCUT2D eigenvalue weighted by Crippen LogP contribution is -2.53. The third kappa shape index (κ3) is 4.37. The molecule has 0 aliphatic carbocycles. The normalized spacial score (nSPS) is 21.1. The SMILES string of the molecule is COc1cc(CN2CCN(CC(C)C)[C@@H](CCO)C2)cc2c1OCO2. The molecule has 0 aromatic heterocycles. The van der Waals surface area contributed by atoms with Crippen molar-refractivity contribution in [2.24, 2.45) is 5.92 Å². The molecule has 25 heavy (non-hydrogen) atoms. The van der Waals surface area contributed by atoms with Crippen LogP contribution in [-0.4, -0.2) is 67.6 Å². The van der Waals surface area contributed by atoms with Crippen molar-refractivity contribution >= 4 is 0 Å². The number of benzene rings is 1. The van der Waals surface area contributed by atoms with Gasteiger partial charge in [-0.3, -0.25) is 9.80 Å². The van der Waals surface area contributed by atoms with Crippen molar-refractivity contribution in [3.63, 3.8) is 0 Å². The molecule has 0 unspecified atom stereocenters. The Hall–Kier alpha value is -1.50. The van der Waals surface area contributed by atoms with E-state index in [1.54, 1.807) is 7.11 Å². The van der Waals surface area contributed by atoms with E-state index in [0.29, 0.717) is 17.7 Å². The summed E-state index contributed by atoms with van der Waals surface area (Å²) in [5.74, 6) is 2.84. The first-order valence-corrected chi connectivity index (χ1v) is 9.14. The van der Waals surface area contributed by atoms with Gasteiger partial charge in [0.1, 0.15) is 0 Å². The molecule has 0 radical (unpaired) electrons. The second-order valence-electron chi connectivity index (χ2n) is 7.32. The summed E-state index contributed by atoms with van der Waals surface area (Å²) >= 11 is 0. The molecule has 2 heterocycles. The molecule has 6 nitrogen and oxygen atoms in total. The van der Waals surface area contributed by atoms with Crippen LogP contribution in [0.2, 0.25) is 0 Å². The Balaban J connectivity index is 1.67. The zero-order valence-corrected chi connectivity index (χ0v) is 15.5. The van der Waals surface area contributed by atoms with Gasteiger partial charge in [-0.1, -0.05) is 13.8 Å². The number of methoxy groups -OCH3 is 1. The topological polar surface area (TPSA) is 54.4 Å². The van der Waals surface area contributed by atoms with E-state index in [0.717, 1.165) is 50.6 Å². The summed E-state index contributed by atoms with van der Waals surface area (Å²) in [6.45, 7) is 10.00. The maximum Gasteiger partial charge on any atom is 0.231 e. The molecule has 1 aromatic carbocycles. The molecule has 3 rings (SSSR count). The maximum absolute atomic E-state index is 9.43. The molecule has 0 bridgehead atoms. The van der Waals surface area contributed by atoms with Gasteiger partial charge >= 0.3 is 0 Å². The van der Waals surface area contributed by atoms with E-state index in [2.05, 4.69) is 23.6 Å². The number of hydrogen-bond donors (Lipinski definition) is 1. The lowest BCUT2D eigenvalue weighted by atomic mass is 10.0. The van der Waals surface area contributed by atoms with Gasteiger partial charge in [-0.25, -0.2) is 0 Å². The highest BCUT2D eigenvalue weighted by atomic mass is 16.7. The summed E-state index contributed by atoms with van der Waals surface area (Å²) < 4.78 is 16.4. The Labute approximate surface area is 150 Å². The maximum atomic E-state index is 9.43. The Morgan fingerprint density at radius 2 is 2.12 bits per heavy atom. The average Bonchev–Trinajstić information content (AvgIpc) is 3.05. The molecule has 1 atom stereocenters. The number of piperazine rings is 1. The number of nitrogens with zero attached hydrogens (tertiary/aromatic N) is 2. The van der Waals surface area contributed by atoms with Gasteiger partial charge < -0.3 is 19.3 Å². The van der Waals surface area contributed by atoms with Gasteiger partial charge in [0, 0.05) is 45.4 Å². The number of ether oxygens (including phenoxy) is 3. The molecule has 0 saturated carbocycles. The van der Waals surface area contributed by atoms with Gasteiger partial charge in [0.2, 0.25) is 12.5 Å². The standard InChI is InChI=1S/C19H30N2O4/c1-14(2)10-21-6-5-20(12-16(21)4-7-22)11-15-8-17(23-3)19-18(9-15)24-13-25-19/h8-9,14,16,22H,4-7,10-13H2,1-3H3/t16-/m0/s1. The van der Waals surface area contributed by atoms with E-state index in [-0.39, 0.29) is 13.4 Å². The van der Waals surface area contributed by atoms with Gasteiger partial charge in [-0.2, -0.15) is 0 Å². The van der Waals surface area contributed by atoms with Crippen LogP contribution in [0.3, 0.4) is 0 Å². The van der Waals surface area contributed by atoms with Crippen molar-refractivity contribution in [2.75, 3.05) is 46.7 Å². The van der Waals surface area contributed by atoms with E-state index in [9.17, 15) is 5.11 Å². The lowest BCUT2D eigenvalue weighted by molar-refractivity contribution is 0.0476. The van der Waals surface area contributed by atoms with E-state index in [4.69, 9.17) is 14.2 Å². The van der Waals surface area contributed by atoms with Crippen molar-refractivity contribution in [1.82, 2.24) is 9.80 Å². The number of rotatable bonds is 7. The van der Waals surface area contributed by atoms with Crippen molar-refractivity contribution in [2.45, 2.75) is 32.9 Å². The quantitative estimate of drug-likeness (QED) is 0.811. The second kappa shape index (κ2) is 8.25. The number of aliphatic hydroxyl groups excluding tert-OH is 1. The average molecular weight is 350 g/mol. The fourth-order valence-electron chi connectivity index (χ4n) is 3.77. The number of aliphatic hydroxyl groups is 1. The second-order valence-corrected chi connectivity index (χ2v) is 7.32. The molecule has 1 fully saturated rings. The highest BCUT2D eigenvalue weighted by Gasteiger charge is 2.28. The van der Waals surface area contributed by atoms with E-state index >= 15 is 0 Å². The largest absolute Gasteiger partial charge is 0.493 e. The van der Waals surface area contributed by atoms with Gasteiger partial charge in [-0.05, 0) is 30.0 Å². The van der Waals surface area contributed by atoms with E-state index in [1.165, 1.54) is 5.56 Å². The molecule has 1 saturated heterocycles. The summed E-state index contributed by atoms with van der Waals surface area (Å²) in [7, 11) is 1.66. The van der Waals surface area contributed by atoms with Crippen LogP contribution >= 0.6 is 0 Å². The van der Waals surface area contributed by atoms with E-state index < -0.39 is 0 Å². The van der Waals surface area contributed by atoms with Crippen LogP contribution in [-0.2, 0) is 6.54 Å². The lowest BCUT2D eigenvalue weighted by Gasteiger charge is -2.42. The fourth-order valence-corrected chi connectivity index (χ4v) is 3.77. The van der Waals surface area contributed by atoms with Gasteiger partial charge in [0.05, 0.1) is 7.11 Å². The molecular formula is C19H30N2O4. The molecular weight excluding hydrogens is 320 g/mol. The summed E-state index contributed by atoms with van der Waals surface area (Å²) in [6.07, 6.45) is 0.827.